The molecular formula is C14H9BrF2N2S. The van der Waals surface area contributed by atoms with Gasteiger partial charge in [-0.15, -0.1) is 0 Å². The number of rotatable bonds is 1. The molecule has 1 aromatic heterocycles. The molecule has 20 heavy (non-hydrogen) atoms. The van der Waals surface area contributed by atoms with Crippen LogP contribution in [0.3, 0.4) is 0 Å². The smallest absolute Gasteiger partial charge is 0.182 e. The van der Waals surface area contributed by atoms with Gasteiger partial charge in [-0.2, -0.15) is 0 Å². The molecule has 2 aromatic carbocycles. The van der Waals surface area contributed by atoms with Gasteiger partial charge in [-0.05, 0) is 42.9 Å². The number of benzene rings is 2. The van der Waals surface area contributed by atoms with E-state index < -0.39 is 11.6 Å². The van der Waals surface area contributed by atoms with E-state index >= 15 is 0 Å². The van der Waals surface area contributed by atoms with Gasteiger partial charge >= 0.3 is 0 Å². The number of imidazole rings is 1. The molecule has 0 saturated carbocycles. The molecule has 0 radical (unpaired) electrons. The number of fused-ring (bicyclic) bond motifs is 1. The number of H-pyrrole nitrogens is 1. The molecule has 0 atom stereocenters. The highest BCUT2D eigenvalue weighted by Crippen LogP contribution is 2.25. The Balaban J connectivity index is 2.41. The van der Waals surface area contributed by atoms with Crippen molar-refractivity contribution in [3.8, 4) is 5.69 Å². The third-order valence-electron chi connectivity index (χ3n) is 3.00. The normalized spacial score (nSPS) is 11.2. The van der Waals surface area contributed by atoms with Crippen LogP contribution in [0.25, 0.3) is 16.7 Å². The topological polar surface area (TPSA) is 20.7 Å². The minimum atomic E-state index is -0.656. The molecule has 0 bridgehead atoms. The van der Waals surface area contributed by atoms with E-state index in [-0.39, 0.29) is 5.52 Å². The number of hydrogen-bond donors (Lipinski definition) is 1. The molecule has 1 N–H and O–H groups in total. The van der Waals surface area contributed by atoms with Crippen LogP contribution in [-0.4, -0.2) is 9.55 Å². The maximum absolute atomic E-state index is 13.8. The number of nitrogens with one attached hydrogen (secondary N) is 1. The monoisotopic (exact) mass is 354 g/mol. The van der Waals surface area contributed by atoms with Crippen molar-refractivity contribution in [1.29, 1.82) is 0 Å². The first-order valence-corrected chi connectivity index (χ1v) is 7.03. The van der Waals surface area contributed by atoms with E-state index in [0.717, 1.165) is 21.8 Å². The van der Waals surface area contributed by atoms with Crippen LogP contribution in [0, 0.1) is 23.3 Å². The molecule has 0 aliphatic heterocycles. The average molecular weight is 355 g/mol. The summed E-state index contributed by atoms with van der Waals surface area (Å²) in [6, 6.07) is 7.80. The van der Waals surface area contributed by atoms with E-state index in [4.69, 9.17) is 12.2 Å². The maximum atomic E-state index is 13.8. The van der Waals surface area contributed by atoms with E-state index in [0.29, 0.717) is 10.3 Å². The molecule has 3 rings (SSSR count). The Morgan fingerprint density at radius 1 is 1.15 bits per heavy atom. The zero-order valence-corrected chi connectivity index (χ0v) is 12.8. The summed E-state index contributed by atoms with van der Waals surface area (Å²) < 4.78 is 30.0. The van der Waals surface area contributed by atoms with Crippen LogP contribution < -0.4 is 0 Å². The minimum Gasteiger partial charge on any atom is -0.328 e. The zero-order chi connectivity index (χ0) is 14.4. The standard InChI is InChI=1S/C14H9BrF2N2S/c1-7-2-8(15)4-10(3-7)19-12-6-9(16)5-11(17)13(12)18-14(19)20/h2-6H,1H3,(H,18,20). The molecule has 2 nitrogen and oxygen atoms in total. The van der Waals surface area contributed by atoms with Gasteiger partial charge < -0.3 is 4.98 Å². The Labute approximate surface area is 127 Å². The zero-order valence-electron chi connectivity index (χ0n) is 10.4. The highest BCUT2D eigenvalue weighted by molar-refractivity contribution is 9.10. The maximum Gasteiger partial charge on any atom is 0.182 e. The summed E-state index contributed by atoms with van der Waals surface area (Å²) in [4.78, 5) is 2.78. The quantitative estimate of drug-likeness (QED) is 0.607. The third-order valence-corrected chi connectivity index (χ3v) is 3.74. The van der Waals surface area contributed by atoms with Crippen molar-refractivity contribution >= 4 is 39.2 Å². The van der Waals surface area contributed by atoms with E-state index in [1.54, 1.807) is 4.57 Å². The Kier molecular flexibility index (Phi) is 3.22. The first-order chi connectivity index (χ1) is 9.45. The third kappa shape index (κ3) is 2.19. The summed E-state index contributed by atoms with van der Waals surface area (Å²) in [5.74, 6) is -1.29. The van der Waals surface area contributed by atoms with Crippen molar-refractivity contribution in [2.75, 3.05) is 0 Å². The molecule has 0 spiro atoms. The first-order valence-electron chi connectivity index (χ1n) is 5.83. The Bertz CT molecular complexity index is 862. The number of aryl methyl sites for hydroxylation is 1. The lowest BCUT2D eigenvalue weighted by Crippen LogP contribution is -1.95. The summed E-state index contributed by atoms with van der Waals surface area (Å²) in [6.07, 6.45) is 0. The van der Waals surface area contributed by atoms with Crippen molar-refractivity contribution in [1.82, 2.24) is 9.55 Å². The summed E-state index contributed by atoms with van der Waals surface area (Å²) in [5, 5.41) is 0. The van der Waals surface area contributed by atoms with E-state index in [1.165, 1.54) is 6.07 Å². The van der Waals surface area contributed by atoms with Gasteiger partial charge in [0, 0.05) is 22.3 Å². The summed E-state index contributed by atoms with van der Waals surface area (Å²) in [7, 11) is 0. The second-order valence-electron chi connectivity index (χ2n) is 4.53. The number of aromatic nitrogens is 2. The lowest BCUT2D eigenvalue weighted by atomic mass is 10.2. The largest absolute Gasteiger partial charge is 0.328 e. The van der Waals surface area contributed by atoms with Crippen molar-refractivity contribution in [2.45, 2.75) is 6.92 Å². The Hall–Kier alpha value is -1.53. The van der Waals surface area contributed by atoms with Gasteiger partial charge in [0.25, 0.3) is 0 Å². The number of hydrogen-bond acceptors (Lipinski definition) is 1. The molecule has 0 unspecified atom stereocenters. The van der Waals surface area contributed by atoms with Crippen LogP contribution in [0.15, 0.2) is 34.8 Å². The van der Waals surface area contributed by atoms with E-state index in [1.807, 2.05) is 25.1 Å². The molecule has 3 aromatic rings. The average Bonchev–Trinajstić information content (AvgIpc) is 2.64. The van der Waals surface area contributed by atoms with Gasteiger partial charge in [0.05, 0.1) is 5.52 Å². The molecule has 0 saturated heterocycles. The van der Waals surface area contributed by atoms with Crippen LogP contribution in [0.5, 0.6) is 0 Å². The van der Waals surface area contributed by atoms with Gasteiger partial charge in [-0.3, -0.25) is 4.57 Å². The number of nitrogens with zero attached hydrogens (tertiary/aromatic N) is 1. The van der Waals surface area contributed by atoms with E-state index in [9.17, 15) is 8.78 Å². The highest BCUT2D eigenvalue weighted by Gasteiger charge is 2.12. The van der Waals surface area contributed by atoms with Gasteiger partial charge in [-0.25, -0.2) is 8.78 Å². The minimum absolute atomic E-state index is 0.203. The summed E-state index contributed by atoms with van der Waals surface area (Å²) >= 11 is 8.64. The van der Waals surface area contributed by atoms with Crippen LogP contribution in [0.1, 0.15) is 5.56 Å². The fraction of sp³-hybridized carbons (Fsp3) is 0.0714. The summed E-state index contributed by atoms with van der Waals surface area (Å²) in [5.41, 5.74) is 2.35. The second-order valence-corrected chi connectivity index (χ2v) is 5.84. The molecule has 0 aliphatic carbocycles. The van der Waals surface area contributed by atoms with Gasteiger partial charge in [-0.1, -0.05) is 15.9 Å². The molecule has 0 aliphatic rings. The van der Waals surface area contributed by atoms with Crippen LogP contribution in [0.2, 0.25) is 0 Å². The van der Waals surface area contributed by atoms with Crippen LogP contribution in [-0.2, 0) is 0 Å². The van der Waals surface area contributed by atoms with E-state index in [2.05, 4.69) is 20.9 Å². The molecule has 0 amide bonds. The van der Waals surface area contributed by atoms with Crippen molar-refractivity contribution in [2.24, 2.45) is 0 Å². The predicted molar refractivity (Wildman–Crippen MR) is 80.8 cm³/mol. The second kappa shape index (κ2) is 4.79. The van der Waals surface area contributed by atoms with Crippen molar-refractivity contribution in [3.63, 3.8) is 0 Å². The summed E-state index contributed by atoms with van der Waals surface area (Å²) in [6.45, 7) is 1.94. The van der Waals surface area contributed by atoms with Gasteiger partial charge in [0.15, 0.2) is 10.6 Å². The number of halogens is 3. The molecular weight excluding hydrogens is 346 g/mol. The fourth-order valence-corrected chi connectivity index (χ4v) is 3.14. The predicted octanol–water partition coefficient (Wildman–Crippen LogP) is 5.04. The Morgan fingerprint density at radius 3 is 2.60 bits per heavy atom. The van der Waals surface area contributed by atoms with Crippen molar-refractivity contribution in [3.05, 3.63) is 56.8 Å². The highest BCUT2D eigenvalue weighted by atomic mass is 79.9. The molecule has 0 fully saturated rings. The van der Waals surface area contributed by atoms with Crippen LogP contribution in [0.4, 0.5) is 8.78 Å². The lowest BCUT2D eigenvalue weighted by Gasteiger charge is -2.07. The fourth-order valence-electron chi connectivity index (χ4n) is 2.23. The Morgan fingerprint density at radius 2 is 1.90 bits per heavy atom. The number of aromatic amines is 1. The van der Waals surface area contributed by atoms with Gasteiger partial charge in [0.2, 0.25) is 0 Å². The molecule has 6 heteroatoms. The first kappa shape index (κ1) is 13.5. The van der Waals surface area contributed by atoms with Crippen molar-refractivity contribution < 1.29 is 8.78 Å². The SMILES string of the molecule is Cc1cc(Br)cc(-n2c(=S)[nH]c3c(F)cc(F)cc32)c1. The van der Waals surface area contributed by atoms with Gasteiger partial charge in [0.1, 0.15) is 11.3 Å². The molecule has 102 valence electrons. The van der Waals surface area contributed by atoms with Crippen LogP contribution >= 0.6 is 28.1 Å². The lowest BCUT2D eigenvalue weighted by molar-refractivity contribution is 0.590. The molecule has 1 heterocycles.